The molecular formula is C19H24N4O5. The van der Waals surface area contributed by atoms with Crippen molar-refractivity contribution in [3.63, 3.8) is 0 Å². The minimum absolute atomic E-state index is 0.143. The number of benzene rings is 1. The number of urea groups is 1. The first kappa shape index (κ1) is 21.1. The maximum atomic E-state index is 12.6. The maximum Gasteiger partial charge on any atom is 0.331 e. The largest absolute Gasteiger partial charge is 0.372 e. The monoisotopic (exact) mass is 388 g/mol. The number of imide groups is 2. The van der Waals surface area contributed by atoms with Crippen LogP contribution in [0.1, 0.15) is 38.2 Å². The van der Waals surface area contributed by atoms with E-state index in [1.165, 1.54) is 12.1 Å². The summed E-state index contributed by atoms with van der Waals surface area (Å²) in [6.45, 7) is 2.27. The van der Waals surface area contributed by atoms with Gasteiger partial charge in [-0.15, -0.1) is 0 Å². The molecule has 1 aliphatic rings. The lowest BCUT2D eigenvalue weighted by molar-refractivity contribution is -0.384. The van der Waals surface area contributed by atoms with E-state index < -0.39 is 22.8 Å². The zero-order valence-electron chi connectivity index (χ0n) is 16.2. The van der Waals surface area contributed by atoms with E-state index in [9.17, 15) is 24.5 Å². The molecule has 2 rings (SSSR count). The number of carbonyl (C=O) groups excluding carboxylic acids is 3. The fraction of sp³-hybridized carbons (Fsp3) is 0.421. The summed E-state index contributed by atoms with van der Waals surface area (Å²) < 4.78 is 0. The van der Waals surface area contributed by atoms with E-state index in [0.29, 0.717) is 17.7 Å². The zero-order valence-corrected chi connectivity index (χ0v) is 16.2. The number of amides is 4. The number of carbonyl (C=O) groups is 3. The van der Waals surface area contributed by atoms with Crippen molar-refractivity contribution >= 4 is 35.3 Å². The fourth-order valence-corrected chi connectivity index (χ4v) is 2.92. The Morgan fingerprint density at radius 2 is 1.89 bits per heavy atom. The van der Waals surface area contributed by atoms with Crippen molar-refractivity contribution < 1.29 is 19.3 Å². The number of nitrogens with zero attached hydrogens (tertiary/aromatic N) is 3. The number of rotatable bonds is 8. The smallest absolute Gasteiger partial charge is 0.331 e. The minimum Gasteiger partial charge on any atom is -0.372 e. The van der Waals surface area contributed by atoms with Gasteiger partial charge in [0.05, 0.1) is 4.92 Å². The van der Waals surface area contributed by atoms with Gasteiger partial charge < -0.3 is 4.90 Å². The second kappa shape index (κ2) is 9.12. The Balaban J connectivity index is 2.31. The van der Waals surface area contributed by atoms with Gasteiger partial charge in [0, 0.05) is 26.7 Å². The summed E-state index contributed by atoms with van der Waals surface area (Å²) in [6, 6.07) is 3.68. The molecule has 4 amide bonds. The molecule has 1 aromatic rings. The van der Waals surface area contributed by atoms with E-state index in [1.807, 2.05) is 0 Å². The molecule has 150 valence electrons. The number of hydrogen-bond acceptors (Lipinski definition) is 6. The lowest BCUT2D eigenvalue weighted by Gasteiger charge is -2.26. The standard InChI is InChI=1S/C19H24N4O5/c1-4-5-6-7-10-22-18(25)14(17(24)20-19(22)26)11-13-8-9-15(21(2)3)16(12-13)23(27)28/h8-9,11-12H,4-7,10H2,1-3H3,(H,20,24,26)/b14-11+. The van der Waals surface area contributed by atoms with Gasteiger partial charge in [0.25, 0.3) is 17.5 Å². The summed E-state index contributed by atoms with van der Waals surface area (Å²) in [5.74, 6) is -1.50. The van der Waals surface area contributed by atoms with Crippen LogP contribution in [0.2, 0.25) is 0 Å². The summed E-state index contributed by atoms with van der Waals surface area (Å²) in [7, 11) is 3.36. The topological polar surface area (TPSA) is 113 Å². The average molecular weight is 388 g/mol. The number of anilines is 1. The van der Waals surface area contributed by atoms with Crippen molar-refractivity contribution in [1.29, 1.82) is 0 Å². The van der Waals surface area contributed by atoms with E-state index in [0.717, 1.165) is 24.2 Å². The van der Waals surface area contributed by atoms with Gasteiger partial charge in [-0.1, -0.05) is 32.3 Å². The second-order valence-electron chi connectivity index (χ2n) is 6.73. The SMILES string of the molecule is CCCCCCN1C(=O)NC(=O)/C(=C\c2ccc(N(C)C)c([N+](=O)[O-])c2)C1=O. The van der Waals surface area contributed by atoms with Crippen LogP contribution in [-0.2, 0) is 9.59 Å². The van der Waals surface area contributed by atoms with E-state index in [1.54, 1.807) is 31.1 Å². The molecule has 1 heterocycles. The minimum atomic E-state index is -0.806. The van der Waals surface area contributed by atoms with Crippen LogP contribution in [0.25, 0.3) is 6.08 Å². The molecule has 0 aliphatic carbocycles. The summed E-state index contributed by atoms with van der Waals surface area (Å²) >= 11 is 0. The van der Waals surface area contributed by atoms with Crippen LogP contribution >= 0.6 is 0 Å². The molecule has 0 atom stereocenters. The van der Waals surface area contributed by atoms with Crippen LogP contribution in [0.3, 0.4) is 0 Å². The van der Waals surface area contributed by atoms with Gasteiger partial charge in [0.2, 0.25) is 0 Å². The molecule has 9 nitrogen and oxygen atoms in total. The average Bonchev–Trinajstić information content (AvgIpc) is 2.64. The van der Waals surface area contributed by atoms with Gasteiger partial charge >= 0.3 is 6.03 Å². The first-order valence-corrected chi connectivity index (χ1v) is 9.11. The van der Waals surface area contributed by atoms with Gasteiger partial charge in [-0.3, -0.25) is 29.9 Å². The van der Waals surface area contributed by atoms with E-state index >= 15 is 0 Å². The molecule has 0 bridgehead atoms. The highest BCUT2D eigenvalue weighted by atomic mass is 16.6. The third kappa shape index (κ3) is 4.73. The summed E-state index contributed by atoms with van der Waals surface area (Å²) in [6.07, 6.45) is 4.81. The van der Waals surface area contributed by atoms with Gasteiger partial charge in [-0.2, -0.15) is 0 Å². The Morgan fingerprint density at radius 3 is 2.50 bits per heavy atom. The third-order valence-electron chi connectivity index (χ3n) is 4.41. The Bertz CT molecular complexity index is 832. The highest BCUT2D eigenvalue weighted by molar-refractivity contribution is 6.31. The van der Waals surface area contributed by atoms with Crippen molar-refractivity contribution in [3.05, 3.63) is 39.4 Å². The molecular weight excluding hydrogens is 364 g/mol. The highest BCUT2D eigenvalue weighted by Gasteiger charge is 2.35. The number of unbranched alkanes of at least 4 members (excludes halogenated alkanes) is 3. The molecule has 28 heavy (non-hydrogen) atoms. The van der Waals surface area contributed by atoms with Crippen molar-refractivity contribution in [3.8, 4) is 0 Å². The zero-order chi connectivity index (χ0) is 20.8. The molecule has 0 saturated carbocycles. The number of nitrogens with one attached hydrogen (secondary N) is 1. The first-order chi connectivity index (χ1) is 13.3. The molecule has 0 radical (unpaired) electrons. The second-order valence-corrected chi connectivity index (χ2v) is 6.73. The van der Waals surface area contributed by atoms with Gasteiger partial charge in [-0.05, 0) is 24.1 Å². The quantitative estimate of drug-likeness (QED) is 0.241. The molecule has 0 unspecified atom stereocenters. The molecule has 0 aromatic heterocycles. The van der Waals surface area contributed by atoms with Crippen molar-refractivity contribution in [2.24, 2.45) is 0 Å². The van der Waals surface area contributed by atoms with Crippen molar-refractivity contribution in [1.82, 2.24) is 10.2 Å². The molecule has 1 aromatic carbocycles. The Morgan fingerprint density at radius 1 is 1.18 bits per heavy atom. The van der Waals surface area contributed by atoms with Crippen LogP contribution in [0.5, 0.6) is 0 Å². The van der Waals surface area contributed by atoms with Crippen LogP contribution in [0.4, 0.5) is 16.2 Å². The molecule has 1 fully saturated rings. The Hall–Kier alpha value is -3.23. The lowest BCUT2D eigenvalue weighted by atomic mass is 10.1. The normalized spacial score (nSPS) is 15.8. The lowest BCUT2D eigenvalue weighted by Crippen LogP contribution is -2.54. The van der Waals surface area contributed by atoms with Crippen molar-refractivity contribution in [2.75, 3.05) is 25.5 Å². The molecule has 1 saturated heterocycles. The first-order valence-electron chi connectivity index (χ1n) is 9.11. The maximum absolute atomic E-state index is 12.6. The summed E-state index contributed by atoms with van der Waals surface area (Å²) in [5, 5.41) is 13.5. The number of barbiturate groups is 1. The number of nitro benzene ring substituents is 1. The fourth-order valence-electron chi connectivity index (χ4n) is 2.92. The molecule has 1 N–H and O–H groups in total. The Labute approximate surface area is 163 Å². The number of nitro groups is 1. The predicted molar refractivity (Wildman–Crippen MR) is 105 cm³/mol. The Kier molecular flexibility index (Phi) is 6.86. The van der Waals surface area contributed by atoms with Gasteiger partial charge in [0.15, 0.2) is 0 Å². The predicted octanol–water partition coefficient (Wildman–Crippen LogP) is 2.70. The van der Waals surface area contributed by atoms with E-state index in [2.05, 4.69) is 12.2 Å². The van der Waals surface area contributed by atoms with E-state index in [4.69, 9.17) is 0 Å². The van der Waals surface area contributed by atoms with Crippen LogP contribution < -0.4 is 10.2 Å². The molecule has 1 aliphatic heterocycles. The van der Waals surface area contributed by atoms with Gasteiger partial charge in [-0.25, -0.2) is 4.79 Å². The highest BCUT2D eigenvalue weighted by Crippen LogP contribution is 2.29. The van der Waals surface area contributed by atoms with Crippen LogP contribution in [0.15, 0.2) is 23.8 Å². The molecule has 9 heteroatoms. The number of hydrogen-bond donors (Lipinski definition) is 1. The van der Waals surface area contributed by atoms with Crippen LogP contribution in [0, 0.1) is 10.1 Å². The summed E-state index contributed by atoms with van der Waals surface area (Å²) in [5.41, 5.74) is 0.368. The van der Waals surface area contributed by atoms with Gasteiger partial charge in [0.1, 0.15) is 11.3 Å². The molecule has 0 spiro atoms. The van der Waals surface area contributed by atoms with Crippen LogP contribution in [-0.4, -0.2) is 48.3 Å². The third-order valence-corrected chi connectivity index (χ3v) is 4.41. The summed E-state index contributed by atoms with van der Waals surface area (Å²) in [4.78, 5) is 50.2. The van der Waals surface area contributed by atoms with Crippen molar-refractivity contribution in [2.45, 2.75) is 32.6 Å². The van der Waals surface area contributed by atoms with E-state index in [-0.39, 0.29) is 17.8 Å².